The van der Waals surface area contributed by atoms with Gasteiger partial charge in [-0.25, -0.2) is 0 Å². The summed E-state index contributed by atoms with van der Waals surface area (Å²) in [6.07, 6.45) is -2.23. The monoisotopic (exact) mass is 370 g/mol. The Bertz CT molecular complexity index is 439. The summed E-state index contributed by atoms with van der Waals surface area (Å²) in [5.74, 6) is -2.52. The quantitative estimate of drug-likeness (QED) is 0.294. The van der Waals surface area contributed by atoms with E-state index < -0.39 is 17.9 Å². The Labute approximate surface area is 130 Å². The van der Waals surface area contributed by atoms with Crippen molar-refractivity contribution in [3.8, 4) is 0 Å². The molecule has 0 aromatic rings. The van der Waals surface area contributed by atoms with Crippen molar-refractivity contribution in [2.45, 2.75) is 33.4 Å². The van der Waals surface area contributed by atoms with Gasteiger partial charge in [-0.2, -0.15) is 13.2 Å². The first-order valence-corrected chi connectivity index (χ1v) is 7.37. The molecule has 0 rings (SSSR count). The molecule has 7 heteroatoms. The molecule has 0 radical (unpaired) electrons. The molecule has 0 N–H and O–H groups in total. The van der Waals surface area contributed by atoms with Gasteiger partial charge in [0.2, 0.25) is 0 Å². The fourth-order valence-corrected chi connectivity index (χ4v) is 1.65. The van der Waals surface area contributed by atoms with Crippen molar-refractivity contribution in [3.63, 3.8) is 0 Å². The number of carbonyl (C=O) groups is 2. The molecule has 0 amide bonds. The molecule has 0 aliphatic rings. The Morgan fingerprint density at radius 1 is 1.29 bits per heavy atom. The number of rotatable bonds is 7. The zero-order valence-electron chi connectivity index (χ0n) is 12.1. The molecule has 1 unspecified atom stereocenters. The minimum Gasteiger partial charge on any atom is -0.462 e. The summed E-state index contributed by atoms with van der Waals surface area (Å²) >= 11 is 3.16. The van der Waals surface area contributed by atoms with E-state index in [-0.39, 0.29) is 24.5 Å². The van der Waals surface area contributed by atoms with E-state index in [0.29, 0.717) is 10.9 Å². The molecular formula is C14H18BrF3O3. The van der Waals surface area contributed by atoms with Crippen LogP contribution in [0.5, 0.6) is 0 Å². The molecule has 0 aliphatic heterocycles. The summed E-state index contributed by atoms with van der Waals surface area (Å²) in [5.41, 5.74) is 0.230. The first-order chi connectivity index (χ1) is 9.57. The lowest BCUT2D eigenvalue weighted by molar-refractivity contribution is -0.166. The SMILES string of the molecule is CC(=O)OCC=C(C)CC(=CC(C)CBr)C(=O)C(F)(F)F. The largest absolute Gasteiger partial charge is 0.462 e. The van der Waals surface area contributed by atoms with Crippen LogP contribution in [0.3, 0.4) is 0 Å². The van der Waals surface area contributed by atoms with Gasteiger partial charge in [0.05, 0.1) is 0 Å². The van der Waals surface area contributed by atoms with Crippen molar-refractivity contribution in [1.82, 2.24) is 0 Å². The van der Waals surface area contributed by atoms with Gasteiger partial charge in [0.1, 0.15) is 6.61 Å². The number of Topliss-reactive ketones (excluding diaryl/α,β-unsaturated/α-hetero) is 1. The number of hydrogen-bond acceptors (Lipinski definition) is 3. The highest BCUT2D eigenvalue weighted by molar-refractivity contribution is 9.09. The van der Waals surface area contributed by atoms with Crippen LogP contribution in [-0.4, -0.2) is 29.9 Å². The molecule has 0 aliphatic carbocycles. The third-order valence-corrected chi connectivity index (χ3v) is 3.49. The van der Waals surface area contributed by atoms with Gasteiger partial charge in [-0.05, 0) is 25.3 Å². The molecule has 0 aromatic carbocycles. The molecule has 0 spiro atoms. The van der Waals surface area contributed by atoms with Crippen LogP contribution in [0.2, 0.25) is 0 Å². The van der Waals surface area contributed by atoms with E-state index in [1.807, 2.05) is 0 Å². The van der Waals surface area contributed by atoms with Crippen molar-refractivity contribution >= 4 is 27.7 Å². The molecule has 3 nitrogen and oxygen atoms in total. The van der Waals surface area contributed by atoms with Crippen molar-refractivity contribution in [1.29, 1.82) is 0 Å². The Morgan fingerprint density at radius 2 is 1.86 bits per heavy atom. The number of allylic oxidation sites excluding steroid dienone is 3. The van der Waals surface area contributed by atoms with Crippen LogP contribution in [0, 0.1) is 5.92 Å². The molecule has 0 bridgehead atoms. The van der Waals surface area contributed by atoms with E-state index in [1.165, 1.54) is 19.1 Å². The number of esters is 1. The summed E-state index contributed by atoms with van der Waals surface area (Å²) in [7, 11) is 0. The van der Waals surface area contributed by atoms with E-state index in [1.54, 1.807) is 13.8 Å². The molecule has 1 atom stereocenters. The van der Waals surface area contributed by atoms with Crippen LogP contribution >= 0.6 is 15.9 Å². The van der Waals surface area contributed by atoms with Crippen molar-refractivity contribution in [2.24, 2.45) is 5.92 Å². The van der Waals surface area contributed by atoms with Gasteiger partial charge >= 0.3 is 12.1 Å². The van der Waals surface area contributed by atoms with Crippen LogP contribution in [0.1, 0.15) is 27.2 Å². The fourth-order valence-electron chi connectivity index (χ4n) is 1.46. The molecular weight excluding hydrogens is 353 g/mol. The first kappa shape index (κ1) is 19.9. The van der Waals surface area contributed by atoms with Crippen LogP contribution in [0.15, 0.2) is 23.3 Å². The third-order valence-electron chi connectivity index (χ3n) is 2.47. The Morgan fingerprint density at radius 3 is 2.29 bits per heavy atom. The second-order valence-corrected chi connectivity index (χ2v) is 5.33. The molecule has 0 saturated carbocycles. The van der Waals surface area contributed by atoms with Gasteiger partial charge in [-0.15, -0.1) is 0 Å². The maximum atomic E-state index is 12.6. The molecule has 0 fully saturated rings. The number of alkyl halides is 4. The summed E-state index contributed by atoms with van der Waals surface area (Å²) in [6.45, 7) is 4.50. The van der Waals surface area contributed by atoms with Gasteiger partial charge in [0, 0.05) is 17.8 Å². The Balaban J connectivity index is 5.04. The van der Waals surface area contributed by atoms with Crippen molar-refractivity contribution in [2.75, 3.05) is 11.9 Å². The third kappa shape index (κ3) is 8.70. The second kappa shape index (κ2) is 9.02. The summed E-state index contributed by atoms with van der Waals surface area (Å²) in [6, 6.07) is 0. The average Bonchev–Trinajstić information content (AvgIpc) is 2.35. The number of ether oxygens (including phenoxy) is 1. The molecule has 0 aromatic heterocycles. The zero-order valence-corrected chi connectivity index (χ0v) is 13.7. The van der Waals surface area contributed by atoms with Gasteiger partial charge in [-0.1, -0.05) is 34.5 Å². The maximum Gasteiger partial charge on any atom is 0.454 e. The number of hydrogen-bond donors (Lipinski definition) is 0. The van der Waals surface area contributed by atoms with Crippen LogP contribution in [0.25, 0.3) is 0 Å². The van der Waals surface area contributed by atoms with Crippen molar-refractivity contribution in [3.05, 3.63) is 23.3 Å². The Hall–Kier alpha value is -1.11. The van der Waals surface area contributed by atoms with E-state index in [4.69, 9.17) is 0 Å². The minimum absolute atomic E-state index is 0.0251. The smallest absolute Gasteiger partial charge is 0.454 e. The van der Waals surface area contributed by atoms with Crippen molar-refractivity contribution < 1.29 is 27.5 Å². The lowest BCUT2D eigenvalue weighted by Gasteiger charge is -2.12. The number of halogens is 4. The molecule has 120 valence electrons. The lowest BCUT2D eigenvalue weighted by Crippen LogP contribution is -2.25. The summed E-state index contributed by atoms with van der Waals surface area (Å²) in [5, 5.41) is 0.456. The van der Waals surface area contributed by atoms with Crippen LogP contribution in [0.4, 0.5) is 13.2 Å². The molecule has 0 saturated heterocycles. The summed E-state index contributed by atoms with van der Waals surface area (Å²) < 4.78 is 42.4. The predicted octanol–water partition coefficient (Wildman–Crippen LogP) is 3.97. The normalized spacial score (nSPS) is 14.8. The maximum absolute atomic E-state index is 12.6. The van der Waals surface area contributed by atoms with E-state index in [2.05, 4.69) is 20.7 Å². The molecule has 0 heterocycles. The fraction of sp³-hybridized carbons (Fsp3) is 0.571. The van der Waals surface area contributed by atoms with E-state index in [9.17, 15) is 22.8 Å². The van der Waals surface area contributed by atoms with E-state index >= 15 is 0 Å². The predicted molar refractivity (Wildman–Crippen MR) is 77.1 cm³/mol. The second-order valence-electron chi connectivity index (χ2n) is 4.68. The highest BCUT2D eigenvalue weighted by atomic mass is 79.9. The Kier molecular flexibility index (Phi) is 8.54. The highest BCUT2D eigenvalue weighted by Crippen LogP contribution is 2.25. The van der Waals surface area contributed by atoms with Gasteiger partial charge in [-0.3, -0.25) is 9.59 Å². The minimum atomic E-state index is -4.89. The summed E-state index contributed by atoms with van der Waals surface area (Å²) in [4.78, 5) is 22.0. The lowest BCUT2D eigenvalue weighted by atomic mass is 9.98. The van der Waals surface area contributed by atoms with Crippen LogP contribution < -0.4 is 0 Å². The van der Waals surface area contributed by atoms with Gasteiger partial charge < -0.3 is 4.74 Å². The number of ketones is 1. The van der Waals surface area contributed by atoms with E-state index in [0.717, 1.165) is 0 Å². The molecule has 21 heavy (non-hydrogen) atoms. The zero-order chi connectivity index (χ0) is 16.6. The standard InChI is InChI=1S/C14H18BrF3O3/c1-9(4-5-21-11(3)19)6-12(7-10(2)8-15)13(20)14(16,17)18/h4,7,10H,5-6,8H2,1-3H3. The number of carbonyl (C=O) groups excluding carboxylic acids is 2. The van der Waals surface area contributed by atoms with Gasteiger partial charge in [0.25, 0.3) is 5.78 Å². The van der Waals surface area contributed by atoms with Gasteiger partial charge in [0.15, 0.2) is 0 Å². The average molecular weight is 371 g/mol. The van der Waals surface area contributed by atoms with Crippen LogP contribution in [-0.2, 0) is 14.3 Å². The topological polar surface area (TPSA) is 43.4 Å². The highest BCUT2D eigenvalue weighted by Gasteiger charge is 2.40. The first-order valence-electron chi connectivity index (χ1n) is 6.25.